The number of nitrogens with two attached hydrogens (primary N) is 1. The summed E-state index contributed by atoms with van der Waals surface area (Å²) in [7, 11) is 0. The number of rotatable bonds is 4. The number of para-hydroxylation sites is 1. The summed E-state index contributed by atoms with van der Waals surface area (Å²) in [6.07, 6.45) is 2.51. The Hall–Kier alpha value is -2.43. The Bertz CT molecular complexity index is 645. The molecule has 1 unspecified atom stereocenters. The molecule has 0 aliphatic carbocycles. The van der Waals surface area contributed by atoms with Gasteiger partial charge in [-0.1, -0.05) is 18.2 Å². The number of carbonyl (C=O) groups excluding carboxylic acids is 1. The second-order valence-corrected chi connectivity index (χ2v) is 4.82. The number of hydrogen-bond donors (Lipinski definition) is 2. The number of carbonyl (C=O) groups is 1. The van der Waals surface area contributed by atoms with E-state index in [1.807, 2.05) is 31.2 Å². The number of nitrogens with zero attached hydrogens (tertiary/aromatic N) is 1. The van der Waals surface area contributed by atoms with E-state index in [2.05, 4.69) is 10.3 Å². The Morgan fingerprint density at radius 1 is 1.35 bits per heavy atom. The van der Waals surface area contributed by atoms with E-state index in [-0.39, 0.29) is 0 Å². The first-order valence-electron chi connectivity index (χ1n) is 6.18. The van der Waals surface area contributed by atoms with Gasteiger partial charge >= 0.3 is 0 Å². The fraction of sp³-hybridized carbons (Fsp3) is 0.200. The lowest BCUT2D eigenvalue weighted by Gasteiger charge is -2.29. The van der Waals surface area contributed by atoms with Crippen molar-refractivity contribution in [3.63, 3.8) is 0 Å². The summed E-state index contributed by atoms with van der Waals surface area (Å²) < 4.78 is 13.3. The molecule has 3 N–H and O–H groups in total. The zero-order chi connectivity index (χ0) is 14.8. The molecule has 0 radical (unpaired) electrons. The minimum atomic E-state index is -1.23. The van der Waals surface area contributed by atoms with Crippen molar-refractivity contribution in [2.75, 3.05) is 5.32 Å². The standard InChI is InChI=1S/C15H16FN3O/c1-10-5-3-4-6-13(10)19-15(2,14(17)20)11-7-12(16)9-18-8-11/h3-9,19H,1-2H3,(H2,17,20). The molecule has 20 heavy (non-hydrogen) atoms. The highest BCUT2D eigenvalue weighted by molar-refractivity contribution is 5.89. The molecule has 0 saturated carbocycles. The van der Waals surface area contributed by atoms with E-state index in [0.29, 0.717) is 5.56 Å². The van der Waals surface area contributed by atoms with Gasteiger partial charge in [0.05, 0.1) is 6.20 Å². The van der Waals surface area contributed by atoms with Gasteiger partial charge in [0.1, 0.15) is 11.4 Å². The number of aromatic nitrogens is 1. The number of halogens is 1. The lowest BCUT2D eigenvalue weighted by Crippen LogP contribution is -2.45. The van der Waals surface area contributed by atoms with Gasteiger partial charge in [0.2, 0.25) is 5.91 Å². The van der Waals surface area contributed by atoms with Crippen LogP contribution in [-0.4, -0.2) is 10.9 Å². The molecule has 2 aromatic rings. The summed E-state index contributed by atoms with van der Waals surface area (Å²) in [4.78, 5) is 15.6. The second kappa shape index (κ2) is 5.28. The predicted molar refractivity (Wildman–Crippen MR) is 75.5 cm³/mol. The molecule has 0 aliphatic heterocycles. The maximum Gasteiger partial charge on any atom is 0.247 e. The first-order valence-corrected chi connectivity index (χ1v) is 6.18. The molecule has 104 valence electrons. The SMILES string of the molecule is Cc1ccccc1NC(C)(C(N)=O)c1cncc(F)c1. The number of anilines is 1. The van der Waals surface area contributed by atoms with E-state index in [1.54, 1.807) is 6.92 Å². The molecule has 0 fully saturated rings. The third kappa shape index (κ3) is 2.61. The molecule has 1 heterocycles. The van der Waals surface area contributed by atoms with E-state index >= 15 is 0 Å². The first kappa shape index (κ1) is 14.0. The van der Waals surface area contributed by atoms with Gasteiger partial charge in [0, 0.05) is 17.4 Å². The van der Waals surface area contributed by atoms with Crippen molar-refractivity contribution in [1.29, 1.82) is 0 Å². The normalized spacial score (nSPS) is 13.6. The van der Waals surface area contributed by atoms with E-state index in [1.165, 1.54) is 12.3 Å². The molecule has 0 spiro atoms. The minimum absolute atomic E-state index is 0.383. The molecule has 4 nitrogen and oxygen atoms in total. The highest BCUT2D eigenvalue weighted by Crippen LogP contribution is 2.27. The number of hydrogen-bond acceptors (Lipinski definition) is 3. The summed E-state index contributed by atoms with van der Waals surface area (Å²) >= 11 is 0. The van der Waals surface area contributed by atoms with Crippen LogP contribution >= 0.6 is 0 Å². The smallest absolute Gasteiger partial charge is 0.247 e. The Labute approximate surface area is 116 Å². The molecule has 1 aromatic heterocycles. The number of nitrogens with one attached hydrogen (secondary N) is 1. The van der Waals surface area contributed by atoms with E-state index in [4.69, 9.17) is 5.73 Å². The molecule has 0 bridgehead atoms. The lowest BCUT2D eigenvalue weighted by molar-refractivity contribution is -0.122. The van der Waals surface area contributed by atoms with Crippen molar-refractivity contribution in [1.82, 2.24) is 4.98 Å². The van der Waals surface area contributed by atoms with Crippen molar-refractivity contribution >= 4 is 11.6 Å². The van der Waals surface area contributed by atoms with Crippen molar-refractivity contribution in [3.8, 4) is 0 Å². The number of amides is 1. The van der Waals surface area contributed by atoms with Gasteiger partial charge < -0.3 is 11.1 Å². The number of primary amides is 1. The maximum absolute atomic E-state index is 13.3. The summed E-state index contributed by atoms with van der Waals surface area (Å²) in [5.74, 6) is -1.12. The summed E-state index contributed by atoms with van der Waals surface area (Å²) in [6, 6.07) is 8.74. The van der Waals surface area contributed by atoms with Crippen LogP contribution in [0.1, 0.15) is 18.1 Å². The van der Waals surface area contributed by atoms with Crippen molar-refractivity contribution < 1.29 is 9.18 Å². The van der Waals surface area contributed by atoms with Crippen molar-refractivity contribution in [2.24, 2.45) is 5.73 Å². The second-order valence-electron chi connectivity index (χ2n) is 4.82. The third-order valence-corrected chi connectivity index (χ3v) is 3.30. The van der Waals surface area contributed by atoms with Crippen LogP contribution < -0.4 is 11.1 Å². The van der Waals surface area contributed by atoms with Crippen LogP contribution in [0.3, 0.4) is 0 Å². The van der Waals surface area contributed by atoms with Crippen LogP contribution in [0.4, 0.5) is 10.1 Å². The minimum Gasteiger partial charge on any atom is -0.368 e. The molecule has 1 aromatic carbocycles. The Morgan fingerprint density at radius 3 is 2.65 bits per heavy atom. The lowest BCUT2D eigenvalue weighted by atomic mass is 9.91. The molecule has 0 saturated heterocycles. The molecule has 2 rings (SSSR count). The van der Waals surface area contributed by atoms with Gasteiger partial charge in [-0.3, -0.25) is 9.78 Å². The van der Waals surface area contributed by atoms with Crippen LogP contribution in [0.2, 0.25) is 0 Å². The van der Waals surface area contributed by atoms with Crippen LogP contribution in [0.5, 0.6) is 0 Å². The summed E-state index contributed by atoms with van der Waals surface area (Å²) in [6.45, 7) is 3.52. The largest absolute Gasteiger partial charge is 0.368 e. The van der Waals surface area contributed by atoms with Crippen LogP contribution in [0, 0.1) is 12.7 Å². The van der Waals surface area contributed by atoms with Crippen molar-refractivity contribution in [2.45, 2.75) is 19.4 Å². The van der Waals surface area contributed by atoms with E-state index in [9.17, 15) is 9.18 Å². The van der Waals surface area contributed by atoms with Gasteiger partial charge in [-0.25, -0.2) is 4.39 Å². The maximum atomic E-state index is 13.3. The first-order chi connectivity index (χ1) is 9.43. The zero-order valence-electron chi connectivity index (χ0n) is 11.4. The van der Waals surface area contributed by atoms with Gasteiger partial charge in [-0.15, -0.1) is 0 Å². The zero-order valence-corrected chi connectivity index (χ0v) is 11.4. The van der Waals surface area contributed by atoms with Crippen molar-refractivity contribution in [3.05, 3.63) is 59.7 Å². The highest BCUT2D eigenvalue weighted by Gasteiger charge is 2.34. The molecular weight excluding hydrogens is 257 g/mol. The molecule has 5 heteroatoms. The average Bonchev–Trinajstić information content (AvgIpc) is 2.41. The summed E-state index contributed by atoms with van der Waals surface area (Å²) in [5.41, 5.74) is 6.37. The predicted octanol–water partition coefficient (Wildman–Crippen LogP) is 2.34. The van der Waals surface area contributed by atoms with Gasteiger partial charge in [0.15, 0.2) is 0 Å². The van der Waals surface area contributed by atoms with Gasteiger partial charge in [-0.2, -0.15) is 0 Å². The van der Waals surface area contributed by atoms with E-state index < -0.39 is 17.3 Å². The topological polar surface area (TPSA) is 68.0 Å². The number of pyridine rings is 1. The molecular formula is C15H16FN3O. The Balaban J connectivity index is 2.46. The third-order valence-electron chi connectivity index (χ3n) is 3.30. The highest BCUT2D eigenvalue weighted by atomic mass is 19.1. The fourth-order valence-corrected chi connectivity index (χ4v) is 1.94. The van der Waals surface area contributed by atoms with Crippen LogP contribution in [0.15, 0.2) is 42.7 Å². The van der Waals surface area contributed by atoms with Gasteiger partial charge in [0.25, 0.3) is 0 Å². The van der Waals surface area contributed by atoms with Crippen LogP contribution in [-0.2, 0) is 10.3 Å². The number of aryl methyl sites for hydroxylation is 1. The molecule has 1 amide bonds. The average molecular weight is 273 g/mol. The molecule has 0 aliphatic rings. The summed E-state index contributed by atoms with van der Waals surface area (Å²) in [5, 5.41) is 3.09. The van der Waals surface area contributed by atoms with E-state index in [0.717, 1.165) is 17.4 Å². The number of benzene rings is 1. The monoisotopic (exact) mass is 273 g/mol. The van der Waals surface area contributed by atoms with Crippen LogP contribution in [0.25, 0.3) is 0 Å². The quantitative estimate of drug-likeness (QED) is 0.898. The van der Waals surface area contributed by atoms with Gasteiger partial charge in [-0.05, 0) is 31.5 Å². The Kier molecular flexibility index (Phi) is 3.70. The molecule has 1 atom stereocenters. The fourth-order valence-electron chi connectivity index (χ4n) is 1.94. The Morgan fingerprint density at radius 2 is 2.05 bits per heavy atom.